The molecule has 7 heteroatoms. The molecule has 0 saturated heterocycles. The molecular weight excluding hydrogens is 259 g/mol. The summed E-state index contributed by atoms with van der Waals surface area (Å²) in [6.07, 6.45) is 4.08. The smallest absolute Gasteiger partial charge is 0.213 e. The minimum absolute atomic E-state index is 0.156. The van der Waals surface area contributed by atoms with Gasteiger partial charge < -0.3 is 10.6 Å². The molecule has 0 aliphatic carbocycles. The van der Waals surface area contributed by atoms with E-state index in [0.717, 1.165) is 6.42 Å². The van der Waals surface area contributed by atoms with Gasteiger partial charge in [-0.2, -0.15) is 0 Å². The Kier molecular flexibility index (Phi) is 5.38. The number of amidine groups is 1. The lowest BCUT2D eigenvalue weighted by atomic mass is 10.2. The number of nitrogens with zero attached hydrogens (tertiary/aromatic N) is 2. The standard InChI is InChI=1S/C11H14ClFN4O/c1-2-4-9(14)10(12)11(15)17(13)18-8-5-3-6-16-7-8/h3,5-7,15H,2,4,14H2,1H3. The molecule has 0 aromatic carbocycles. The fourth-order valence-electron chi connectivity index (χ4n) is 1.15. The Morgan fingerprint density at radius 2 is 2.39 bits per heavy atom. The van der Waals surface area contributed by atoms with Gasteiger partial charge in [0.1, 0.15) is 5.03 Å². The summed E-state index contributed by atoms with van der Waals surface area (Å²) in [4.78, 5) is 8.48. The second-order valence-electron chi connectivity index (χ2n) is 3.46. The number of allylic oxidation sites excluding steroid dienone is 1. The Bertz CT molecular complexity index is 438. The van der Waals surface area contributed by atoms with Crippen molar-refractivity contribution in [2.45, 2.75) is 19.8 Å². The number of hydrogen-bond donors (Lipinski definition) is 2. The maximum absolute atomic E-state index is 13.5. The quantitative estimate of drug-likeness (QED) is 0.374. The molecule has 98 valence electrons. The van der Waals surface area contributed by atoms with E-state index in [4.69, 9.17) is 27.6 Å². The molecule has 1 aromatic rings. The average molecular weight is 273 g/mol. The van der Waals surface area contributed by atoms with Crippen LogP contribution in [0.25, 0.3) is 0 Å². The molecule has 1 rings (SSSR count). The van der Waals surface area contributed by atoms with Crippen LogP contribution in [0.2, 0.25) is 0 Å². The van der Waals surface area contributed by atoms with Gasteiger partial charge in [-0.1, -0.05) is 29.4 Å². The van der Waals surface area contributed by atoms with Crippen LogP contribution in [-0.2, 0) is 0 Å². The van der Waals surface area contributed by atoms with Gasteiger partial charge in [-0.05, 0) is 23.8 Å². The van der Waals surface area contributed by atoms with Gasteiger partial charge in [0.05, 0.1) is 6.20 Å². The van der Waals surface area contributed by atoms with Crippen molar-refractivity contribution in [1.82, 2.24) is 10.3 Å². The van der Waals surface area contributed by atoms with E-state index in [1.165, 1.54) is 18.5 Å². The van der Waals surface area contributed by atoms with Crippen LogP contribution in [0.5, 0.6) is 5.75 Å². The van der Waals surface area contributed by atoms with E-state index in [1.807, 2.05) is 6.92 Å². The molecule has 0 fully saturated rings. The first-order valence-electron chi connectivity index (χ1n) is 5.33. The van der Waals surface area contributed by atoms with Crippen LogP contribution >= 0.6 is 11.6 Å². The van der Waals surface area contributed by atoms with Crippen LogP contribution in [0.3, 0.4) is 0 Å². The van der Waals surface area contributed by atoms with Gasteiger partial charge in [-0.3, -0.25) is 10.4 Å². The molecule has 0 aliphatic heterocycles. The van der Waals surface area contributed by atoms with Crippen LogP contribution in [0.4, 0.5) is 4.48 Å². The first-order valence-corrected chi connectivity index (χ1v) is 5.71. The second-order valence-corrected chi connectivity index (χ2v) is 3.84. The van der Waals surface area contributed by atoms with Crippen molar-refractivity contribution in [3.8, 4) is 5.75 Å². The van der Waals surface area contributed by atoms with Gasteiger partial charge in [0, 0.05) is 11.9 Å². The molecule has 0 aliphatic rings. The molecule has 0 saturated carbocycles. The van der Waals surface area contributed by atoms with Gasteiger partial charge in [-0.25, -0.2) is 0 Å². The fourth-order valence-corrected chi connectivity index (χ4v) is 1.31. The number of pyridine rings is 1. The highest BCUT2D eigenvalue weighted by molar-refractivity contribution is 6.42. The highest BCUT2D eigenvalue weighted by Crippen LogP contribution is 2.16. The number of hydrogen-bond acceptors (Lipinski definition) is 4. The molecule has 0 unspecified atom stereocenters. The fraction of sp³-hybridized carbons (Fsp3) is 0.273. The second kappa shape index (κ2) is 6.80. The van der Waals surface area contributed by atoms with Crippen LogP contribution in [0.1, 0.15) is 19.8 Å². The van der Waals surface area contributed by atoms with Gasteiger partial charge in [-0.15, -0.1) is 0 Å². The van der Waals surface area contributed by atoms with E-state index in [9.17, 15) is 4.48 Å². The summed E-state index contributed by atoms with van der Waals surface area (Å²) in [6, 6.07) is 3.08. The Morgan fingerprint density at radius 3 is 2.94 bits per heavy atom. The molecule has 3 N–H and O–H groups in total. The third kappa shape index (κ3) is 3.89. The largest absolute Gasteiger partial charge is 0.401 e. The molecule has 0 spiro atoms. The number of nitrogens with two attached hydrogens (primary N) is 1. The molecule has 0 bridgehead atoms. The molecule has 0 radical (unpaired) electrons. The lowest BCUT2D eigenvalue weighted by Gasteiger charge is -2.14. The first-order chi connectivity index (χ1) is 8.56. The Balaban J connectivity index is 2.70. The van der Waals surface area contributed by atoms with Crippen molar-refractivity contribution in [2.75, 3.05) is 0 Å². The van der Waals surface area contributed by atoms with Gasteiger partial charge in [0.2, 0.25) is 5.84 Å². The maximum Gasteiger partial charge on any atom is 0.213 e. The van der Waals surface area contributed by atoms with E-state index < -0.39 is 5.84 Å². The normalized spacial score (nSPS) is 11.7. The highest BCUT2D eigenvalue weighted by atomic mass is 35.5. The first kappa shape index (κ1) is 14.2. The predicted molar refractivity (Wildman–Crippen MR) is 67.5 cm³/mol. The molecule has 1 heterocycles. The number of nitrogens with one attached hydrogen (secondary N) is 1. The van der Waals surface area contributed by atoms with E-state index >= 15 is 0 Å². The monoisotopic (exact) mass is 272 g/mol. The minimum Gasteiger partial charge on any atom is -0.401 e. The van der Waals surface area contributed by atoms with Gasteiger partial charge >= 0.3 is 0 Å². The Hall–Kier alpha value is -1.82. The third-order valence-electron chi connectivity index (χ3n) is 2.00. The summed E-state index contributed by atoms with van der Waals surface area (Å²) >= 11 is 5.77. The average Bonchev–Trinajstić information content (AvgIpc) is 2.38. The molecule has 0 amide bonds. The van der Waals surface area contributed by atoms with Crippen LogP contribution in [0, 0.1) is 5.41 Å². The summed E-state index contributed by atoms with van der Waals surface area (Å²) in [5.74, 6) is -0.491. The number of aromatic nitrogens is 1. The van der Waals surface area contributed by atoms with Crippen LogP contribution in [-0.4, -0.2) is 16.1 Å². The molecule has 1 aromatic heterocycles. The van der Waals surface area contributed by atoms with Crippen molar-refractivity contribution in [3.63, 3.8) is 0 Å². The summed E-state index contributed by atoms with van der Waals surface area (Å²) in [6.45, 7) is 1.90. The molecule has 18 heavy (non-hydrogen) atoms. The third-order valence-corrected chi connectivity index (χ3v) is 2.43. The zero-order chi connectivity index (χ0) is 13.5. The van der Waals surface area contributed by atoms with Crippen molar-refractivity contribution in [3.05, 3.63) is 35.3 Å². The number of rotatable bonds is 5. The van der Waals surface area contributed by atoms with Gasteiger partial charge in [0.15, 0.2) is 5.75 Å². The molecule has 0 atom stereocenters. The number of halogens is 2. The Morgan fingerprint density at radius 1 is 1.67 bits per heavy atom. The minimum atomic E-state index is -0.647. The van der Waals surface area contributed by atoms with E-state index in [0.29, 0.717) is 6.42 Å². The van der Waals surface area contributed by atoms with E-state index in [-0.39, 0.29) is 21.8 Å². The summed E-state index contributed by atoms with van der Waals surface area (Å²) in [7, 11) is 0. The van der Waals surface area contributed by atoms with Crippen molar-refractivity contribution >= 4 is 17.4 Å². The van der Waals surface area contributed by atoms with Crippen molar-refractivity contribution in [2.24, 2.45) is 5.73 Å². The molecular formula is C11H14ClFN4O. The van der Waals surface area contributed by atoms with Crippen molar-refractivity contribution in [1.29, 1.82) is 5.41 Å². The topological polar surface area (TPSA) is 75.2 Å². The van der Waals surface area contributed by atoms with E-state index in [2.05, 4.69) is 4.98 Å². The van der Waals surface area contributed by atoms with Crippen molar-refractivity contribution < 1.29 is 9.32 Å². The van der Waals surface area contributed by atoms with Gasteiger partial charge in [0.25, 0.3) is 0 Å². The summed E-state index contributed by atoms with van der Waals surface area (Å²) in [5.41, 5.74) is 5.86. The summed E-state index contributed by atoms with van der Waals surface area (Å²) < 4.78 is 13.5. The van der Waals surface area contributed by atoms with E-state index in [1.54, 1.807) is 6.07 Å². The van der Waals surface area contributed by atoms with Crippen LogP contribution < -0.4 is 10.6 Å². The zero-order valence-electron chi connectivity index (χ0n) is 9.86. The predicted octanol–water partition coefficient (Wildman–Crippen LogP) is 2.75. The zero-order valence-corrected chi connectivity index (χ0v) is 10.6. The summed E-state index contributed by atoms with van der Waals surface area (Å²) in [5, 5.41) is 7.08. The number of hydroxylamine groups is 1. The maximum atomic E-state index is 13.5. The van der Waals surface area contributed by atoms with Crippen LogP contribution in [0.15, 0.2) is 35.3 Å². The highest BCUT2D eigenvalue weighted by Gasteiger charge is 2.17. The Labute approximate surface area is 109 Å². The molecule has 5 nitrogen and oxygen atoms in total. The SMILES string of the molecule is CCCC(N)=C(Cl)C(=N)N(F)Oc1cccnc1. The lowest BCUT2D eigenvalue weighted by molar-refractivity contribution is -0.139. The lowest BCUT2D eigenvalue weighted by Crippen LogP contribution is -2.27.